The van der Waals surface area contributed by atoms with Crippen molar-refractivity contribution in [1.82, 2.24) is 14.9 Å². The van der Waals surface area contributed by atoms with Crippen LogP contribution in [0.4, 0.5) is 0 Å². The fourth-order valence-electron chi connectivity index (χ4n) is 2.92. The summed E-state index contributed by atoms with van der Waals surface area (Å²) in [6.45, 7) is 1.16. The van der Waals surface area contributed by atoms with Crippen LogP contribution in [-0.4, -0.2) is 28.7 Å². The number of para-hydroxylation sites is 1. The Kier molecular flexibility index (Phi) is 4.81. The zero-order chi connectivity index (χ0) is 18.8. The van der Waals surface area contributed by atoms with Gasteiger partial charge in [0.15, 0.2) is 11.5 Å². The standard InChI is InChI=1S/C19H16BrN3O4/c20-13-4-5-15-14(8-13)19(25)23(11-22-15)10-17(24)21-9-12-2-1-3-16-18(12)27-7-6-26-16/h1-5,8,11H,6-7,9-10H2,(H,21,24). The van der Waals surface area contributed by atoms with Crippen molar-refractivity contribution in [2.24, 2.45) is 0 Å². The third-order valence-electron chi connectivity index (χ3n) is 4.22. The summed E-state index contributed by atoms with van der Waals surface area (Å²) in [6, 6.07) is 10.8. The number of benzene rings is 2. The molecule has 0 unspecified atom stereocenters. The molecule has 0 saturated carbocycles. The van der Waals surface area contributed by atoms with Gasteiger partial charge in [-0.3, -0.25) is 14.2 Å². The van der Waals surface area contributed by atoms with Crippen molar-refractivity contribution in [2.75, 3.05) is 13.2 Å². The molecule has 1 aliphatic heterocycles. The summed E-state index contributed by atoms with van der Waals surface area (Å²) in [4.78, 5) is 29.1. The van der Waals surface area contributed by atoms with Gasteiger partial charge in [-0.05, 0) is 24.3 Å². The summed E-state index contributed by atoms with van der Waals surface area (Å²) >= 11 is 3.35. The maximum atomic E-state index is 12.6. The Morgan fingerprint density at radius 2 is 2.07 bits per heavy atom. The third kappa shape index (κ3) is 3.66. The number of nitrogens with zero attached hydrogens (tertiary/aromatic N) is 2. The van der Waals surface area contributed by atoms with Crippen molar-refractivity contribution < 1.29 is 14.3 Å². The number of rotatable bonds is 4. The molecule has 2 heterocycles. The Bertz CT molecular complexity index is 1080. The number of aromatic nitrogens is 2. The molecule has 0 radical (unpaired) electrons. The van der Waals surface area contributed by atoms with Crippen LogP contribution in [0.3, 0.4) is 0 Å². The van der Waals surface area contributed by atoms with Crippen LogP contribution in [-0.2, 0) is 17.9 Å². The van der Waals surface area contributed by atoms with Crippen LogP contribution >= 0.6 is 15.9 Å². The molecule has 0 spiro atoms. The van der Waals surface area contributed by atoms with Gasteiger partial charge < -0.3 is 14.8 Å². The molecule has 0 saturated heterocycles. The minimum atomic E-state index is -0.289. The van der Waals surface area contributed by atoms with E-state index in [-0.39, 0.29) is 24.6 Å². The molecule has 0 bridgehead atoms. The molecule has 2 aromatic carbocycles. The van der Waals surface area contributed by atoms with Gasteiger partial charge in [-0.2, -0.15) is 0 Å². The second-order valence-electron chi connectivity index (χ2n) is 6.06. The number of fused-ring (bicyclic) bond motifs is 2. The van der Waals surface area contributed by atoms with Gasteiger partial charge in [-0.15, -0.1) is 0 Å². The lowest BCUT2D eigenvalue weighted by Crippen LogP contribution is -2.32. The first kappa shape index (κ1) is 17.5. The van der Waals surface area contributed by atoms with E-state index in [9.17, 15) is 9.59 Å². The smallest absolute Gasteiger partial charge is 0.261 e. The number of carbonyl (C=O) groups is 1. The molecule has 1 N–H and O–H groups in total. The highest BCUT2D eigenvalue weighted by Crippen LogP contribution is 2.33. The number of nitrogens with one attached hydrogen (secondary N) is 1. The Morgan fingerprint density at radius 3 is 2.96 bits per heavy atom. The lowest BCUT2D eigenvalue weighted by Gasteiger charge is -2.21. The molecule has 1 aromatic heterocycles. The van der Waals surface area contributed by atoms with E-state index in [4.69, 9.17) is 9.47 Å². The molecular weight excluding hydrogens is 414 g/mol. The second-order valence-corrected chi connectivity index (χ2v) is 6.97. The third-order valence-corrected chi connectivity index (χ3v) is 4.72. The van der Waals surface area contributed by atoms with E-state index >= 15 is 0 Å². The van der Waals surface area contributed by atoms with Crippen LogP contribution < -0.4 is 20.3 Å². The topological polar surface area (TPSA) is 82.5 Å². The first-order chi connectivity index (χ1) is 13.1. The number of carbonyl (C=O) groups excluding carboxylic acids is 1. The van der Waals surface area contributed by atoms with Gasteiger partial charge in [0.1, 0.15) is 19.8 Å². The summed E-state index contributed by atoms with van der Waals surface area (Å²) in [5.41, 5.74) is 1.16. The van der Waals surface area contributed by atoms with Crippen molar-refractivity contribution in [3.05, 3.63) is 63.1 Å². The van der Waals surface area contributed by atoms with Crippen molar-refractivity contribution in [3.8, 4) is 11.5 Å². The summed E-state index contributed by atoms with van der Waals surface area (Å²) in [5.74, 6) is 1.04. The molecule has 0 aliphatic carbocycles. The fraction of sp³-hybridized carbons (Fsp3) is 0.211. The molecule has 138 valence electrons. The molecule has 8 heteroatoms. The Balaban J connectivity index is 1.48. The summed E-state index contributed by atoms with van der Waals surface area (Å²) in [5, 5.41) is 3.27. The van der Waals surface area contributed by atoms with E-state index in [0.29, 0.717) is 35.6 Å². The van der Waals surface area contributed by atoms with Gasteiger partial charge in [0.2, 0.25) is 5.91 Å². The minimum Gasteiger partial charge on any atom is -0.486 e. The second kappa shape index (κ2) is 7.40. The molecular formula is C19H16BrN3O4. The van der Waals surface area contributed by atoms with Crippen LogP contribution in [0.1, 0.15) is 5.56 Å². The molecule has 3 aromatic rings. The molecule has 7 nitrogen and oxygen atoms in total. The van der Waals surface area contributed by atoms with Crippen LogP contribution in [0.25, 0.3) is 10.9 Å². The summed E-state index contributed by atoms with van der Waals surface area (Å²) in [6.07, 6.45) is 1.39. The first-order valence-corrected chi connectivity index (χ1v) is 9.20. The number of amides is 1. The maximum Gasteiger partial charge on any atom is 0.261 e. The van der Waals surface area contributed by atoms with Crippen LogP contribution in [0.15, 0.2) is 52.0 Å². The highest BCUT2D eigenvalue weighted by molar-refractivity contribution is 9.10. The largest absolute Gasteiger partial charge is 0.486 e. The van der Waals surface area contributed by atoms with E-state index in [1.165, 1.54) is 10.9 Å². The monoisotopic (exact) mass is 429 g/mol. The normalized spacial score (nSPS) is 12.8. The van der Waals surface area contributed by atoms with Crippen molar-refractivity contribution >= 4 is 32.7 Å². The van der Waals surface area contributed by atoms with Crippen LogP contribution in [0, 0.1) is 0 Å². The van der Waals surface area contributed by atoms with Gasteiger partial charge in [0.25, 0.3) is 5.56 Å². The van der Waals surface area contributed by atoms with Gasteiger partial charge in [-0.1, -0.05) is 28.1 Å². The van der Waals surface area contributed by atoms with E-state index < -0.39 is 0 Å². The van der Waals surface area contributed by atoms with Gasteiger partial charge in [0.05, 0.1) is 17.2 Å². The summed E-state index contributed by atoms with van der Waals surface area (Å²) in [7, 11) is 0. The zero-order valence-corrected chi connectivity index (χ0v) is 15.9. The predicted octanol–water partition coefficient (Wildman–Crippen LogP) is 2.25. The zero-order valence-electron chi connectivity index (χ0n) is 14.3. The molecule has 27 heavy (non-hydrogen) atoms. The molecule has 4 rings (SSSR count). The van der Waals surface area contributed by atoms with Gasteiger partial charge in [-0.25, -0.2) is 4.98 Å². The number of ether oxygens (including phenoxy) is 2. The highest BCUT2D eigenvalue weighted by atomic mass is 79.9. The Hall–Kier alpha value is -2.87. The maximum absolute atomic E-state index is 12.6. The lowest BCUT2D eigenvalue weighted by atomic mass is 10.1. The predicted molar refractivity (Wildman–Crippen MR) is 103 cm³/mol. The average molecular weight is 430 g/mol. The van der Waals surface area contributed by atoms with E-state index in [0.717, 1.165) is 10.0 Å². The fourth-order valence-corrected chi connectivity index (χ4v) is 3.28. The van der Waals surface area contributed by atoms with Crippen molar-refractivity contribution in [3.63, 3.8) is 0 Å². The molecule has 0 atom stereocenters. The summed E-state index contributed by atoms with van der Waals surface area (Å²) < 4.78 is 13.3. The van der Waals surface area contributed by atoms with Crippen molar-refractivity contribution in [2.45, 2.75) is 13.1 Å². The Morgan fingerprint density at radius 1 is 1.22 bits per heavy atom. The average Bonchev–Trinajstić information content (AvgIpc) is 2.69. The minimum absolute atomic E-state index is 0.110. The van der Waals surface area contributed by atoms with E-state index in [1.54, 1.807) is 12.1 Å². The lowest BCUT2D eigenvalue weighted by molar-refractivity contribution is -0.121. The Labute approximate surface area is 163 Å². The molecule has 0 fully saturated rings. The van der Waals surface area contributed by atoms with Gasteiger partial charge >= 0.3 is 0 Å². The van der Waals surface area contributed by atoms with Crippen molar-refractivity contribution in [1.29, 1.82) is 0 Å². The number of hydrogen-bond donors (Lipinski definition) is 1. The number of halogens is 1. The molecule has 1 aliphatic rings. The van der Waals surface area contributed by atoms with Gasteiger partial charge in [0, 0.05) is 16.6 Å². The van der Waals surface area contributed by atoms with E-state index in [2.05, 4.69) is 26.2 Å². The van der Waals surface area contributed by atoms with Crippen LogP contribution in [0.5, 0.6) is 11.5 Å². The first-order valence-electron chi connectivity index (χ1n) is 8.41. The van der Waals surface area contributed by atoms with E-state index in [1.807, 2.05) is 24.3 Å². The number of hydrogen-bond acceptors (Lipinski definition) is 5. The van der Waals surface area contributed by atoms with Crippen LogP contribution in [0.2, 0.25) is 0 Å². The molecule has 1 amide bonds. The SMILES string of the molecule is O=C(Cn1cnc2ccc(Br)cc2c1=O)NCc1cccc2c1OCCO2. The highest BCUT2D eigenvalue weighted by Gasteiger charge is 2.16. The quantitative estimate of drug-likeness (QED) is 0.687.